The third-order valence-electron chi connectivity index (χ3n) is 5.48. The fourth-order valence-corrected chi connectivity index (χ4v) is 4.14. The van der Waals surface area contributed by atoms with Crippen molar-refractivity contribution in [2.45, 2.75) is 58.8 Å². The quantitative estimate of drug-likeness (QED) is 0.649. The lowest BCUT2D eigenvalue weighted by molar-refractivity contribution is 0.338. The average molecular weight is 368 g/mol. The van der Waals surface area contributed by atoms with E-state index in [1.165, 1.54) is 25.3 Å². The summed E-state index contributed by atoms with van der Waals surface area (Å²) in [4.78, 5) is 0. The maximum absolute atomic E-state index is 14.8. The van der Waals surface area contributed by atoms with Crippen molar-refractivity contribution in [2.24, 2.45) is 0 Å². The highest BCUT2D eigenvalue weighted by Crippen LogP contribution is 2.36. The Balaban J connectivity index is 1.85. The largest absolute Gasteiger partial charge is 0.494 e. The van der Waals surface area contributed by atoms with Gasteiger partial charge in [-0.1, -0.05) is 19.3 Å². The topological polar surface area (TPSA) is 52.8 Å². The van der Waals surface area contributed by atoms with Crippen LogP contribution in [0.3, 0.4) is 0 Å². The number of aryl methyl sites for hydroxylation is 2. The van der Waals surface area contributed by atoms with E-state index in [9.17, 15) is 4.39 Å². The summed E-state index contributed by atoms with van der Waals surface area (Å²) < 4.78 is 21.8. The second-order valence-electron chi connectivity index (χ2n) is 7.27. The summed E-state index contributed by atoms with van der Waals surface area (Å²) in [7, 11) is 0. The number of rotatable bonds is 4. The van der Waals surface area contributed by atoms with Gasteiger partial charge >= 0.3 is 0 Å². The van der Waals surface area contributed by atoms with E-state index < -0.39 is 0 Å². The summed E-state index contributed by atoms with van der Waals surface area (Å²) in [6.07, 6.45) is 5.96. The summed E-state index contributed by atoms with van der Waals surface area (Å²) >= 11 is 0. The number of fused-ring (bicyclic) bond motifs is 1. The van der Waals surface area contributed by atoms with Gasteiger partial charge < -0.3 is 4.74 Å². The molecule has 1 aliphatic carbocycles. The third-order valence-corrected chi connectivity index (χ3v) is 5.48. The lowest BCUT2D eigenvalue weighted by Crippen LogP contribution is -2.09. The highest BCUT2D eigenvalue weighted by molar-refractivity contribution is 5.86. The predicted octanol–water partition coefficient (Wildman–Crippen LogP) is 5.02. The van der Waals surface area contributed by atoms with Crippen LogP contribution in [-0.2, 0) is 0 Å². The molecule has 0 saturated heterocycles. The molecule has 142 valence electrons. The third kappa shape index (κ3) is 3.17. The van der Waals surface area contributed by atoms with Crippen LogP contribution in [0.5, 0.6) is 5.75 Å². The molecule has 0 atom stereocenters. The zero-order chi connectivity index (χ0) is 19.0. The monoisotopic (exact) mass is 368 g/mol. The Hall–Kier alpha value is -2.50. The molecule has 0 amide bonds. The highest BCUT2D eigenvalue weighted by atomic mass is 19.1. The van der Waals surface area contributed by atoms with Crippen LogP contribution in [0.2, 0.25) is 0 Å². The van der Waals surface area contributed by atoms with Gasteiger partial charge in [0.25, 0.3) is 0 Å². The van der Waals surface area contributed by atoms with Gasteiger partial charge in [0.05, 0.1) is 23.7 Å². The molecule has 0 N–H and O–H groups in total. The lowest BCUT2D eigenvalue weighted by atomic mass is 9.86. The van der Waals surface area contributed by atoms with Crippen LogP contribution >= 0.6 is 0 Å². The van der Waals surface area contributed by atoms with E-state index in [1.807, 2.05) is 20.8 Å². The summed E-state index contributed by atoms with van der Waals surface area (Å²) in [6, 6.07) is 4.91. The first-order valence-electron chi connectivity index (χ1n) is 9.75. The SMILES string of the molecule is CCOc1ccc(-n2nc3c(C4CCCCC4)nnc(C)c3c2C)c(F)c1. The lowest BCUT2D eigenvalue weighted by Gasteiger charge is -2.20. The van der Waals surface area contributed by atoms with E-state index in [0.29, 0.717) is 24.0 Å². The summed E-state index contributed by atoms with van der Waals surface area (Å²) in [6.45, 7) is 6.29. The molecule has 0 bridgehead atoms. The fourth-order valence-electron chi connectivity index (χ4n) is 4.14. The van der Waals surface area contributed by atoms with E-state index in [4.69, 9.17) is 9.84 Å². The van der Waals surface area contributed by atoms with Gasteiger partial charge in [-0.2, -0.15) is 15.3 Å². The molecule has 4 rings (SSSR count). The van der Waals surface area contributed by atoms with Crippen molar-refractivity contribution in [1.29, 1.82) is 0 Å². The molecule has 1 saturated carbocycles. The first-order chi connectivity index (χ1) is 13.1. The van der Waals surface area contributed by atoms with Gasteiger partial charge in [0.15, 0.2) is 5.82 Å². The van der Waals surface area contributed by atoms with Crippen molar-refractivity contribution in [3.8, 4) is 11.4 Å². The molecule has 2 aromatic heterocycles. The minimum absolute atomic E-state index is 0.352. The maximum atomic E-state index is 14.8. The Morgan fingerprint density at radius 3 is 2.63 bits per heavy atom. The first-order valence-corrected chi connectivity index (χ1v) is 9.75. The molecule has 5 nitrogen and oxygen atoms in total. The van der Waals surface area contributed by atoms with Gasteiger partial charge in [-0.05, 0) is 45.7 Å². The molecule has 1 fully saturated rings. The van der Waals surface area contributed by atoms with Crippen LogP contribution in [0.25, 0.3) is 16.6 Å². The second kappa shape index (κ2) is 7.25. The summed E-state index contributed by atoms with van der Waals surface area (Å²) in [5.41, 5.74) is 3.96. The number of hydrogen-bond donors (Lipinski definition) is 0. The van der Waals surface area contributed by atoms with E-state index in [0.717, 1.165) is 40.8 Å². The highest BCUT2D eigenvalue weighted by Gasteiger charge is 2.24. The molecule has 0 unspecified atom stereocenters. The van der Waals surface area contributed by atoms with Crippen LogP contribution in [0.15, 0.2) is 18.2 Å². The van der Waals surface area contributed by atoms with Crippen LogP contribution < -0.4 is 4.74 Å². The normalized spacial score (nSPS) is 15.4. The molecule has 2 heterocycles. The minimum Gasteiger partial charge on any atom is -0.494 e. The molecule has 0 aliphatic heterocycles. The van der Waals surface area contributed by atoms with Crippen molar-refractivity contribution in [3.05, 3.63) is 41.1 Å². The molecule has 0 spiro atoms. The molecular weight excluding hydrogens is 343 g/mol. The number of aromatic nitrogens is 4. The van der Waals surface area contributed by atoms with E-state index in [-0.39, 0.29) is 5.82 Å². The zero-order valence-corrected chi connectivity index (χ0v) is 16.1. The van der Waals surface area contributed by atoms with Crippen LogP contribution in [0, 0.1) is 19.7 Å². The Morgan fingerprint density at radius 1 is 1.15 bits per heavy atom. The van der Waals surface area contributed by atoms with Gasteiger partial charge in [0.1, 0.15) is 17.0 Å². The standard InChI is InChI=1S/C21H25FN4O/c1-4-27-16-10-11-18(17(22)12-16)26-14(3)19-13(2)23-24-20(21(19)25-26)15-8-6-5-7-9-15/h10-12,15H,4-9H2,1-3H3. The van der Waals surface area contributed by atoms with Gasteiger partial charge in [0, 0.05) is 17.4 Å². The number of benzene rings is 1. The van der Waals surface area contributed by atoms with Crippen LogP contribution in [-0.4, -0.2) is 26.6 Å². The summed E-state index contributed by atoms with van der Waals surface area (Å²) in [5.74, 6) is 0.562. The molecule has 3 aromatic rings. The minimum atomic E-state index is -0.352. The maximum Gasteiger partial charge on any atom is 0.152 e. The van der Waals surface area contributed by atoms with Crippen LogP contribution in [0.4, 0.5) is 4.39 Å². The van der Waals surface area contributed by atoms with Crippen molar-refractivity contribution >= 4 is 10.9 Å². The van der Waals surface area contributed by atoms with E-state index in [2.05, 4.69) is 10.2 Å². The van der Waals surface area contributed by atoms with E-state index in [1.54, 1.807) is 16.8 Å². The Bertz CT molecular complexity index is 976. The van der Waals surface area contributed by atoms with Gasteiger partial charge in [-0.3, -0.25) is 0 Å². The summed E-state index contributed by atoms with van der Waals surface area (Å²) in [5, 5.41) is 14.7. The van der Waals surface area contributed by atoms with Gasteiger partial charge in [-0.15, -0.1) is 0 Å². The van der Waals surface area contributed by atoms with Gasteiger partial charge in [0.2, 0.25) is 0 Å². The number of nitrogens with zero attached hydrogens (tertiary/aromatic N) is 4. The molecular formula is C21H25FN4O. The average Bonchev–Trinajstić information content (AvgIpc) is 3.01. The van der Waals surface area contributed by atoms with Crippen molar-refractivity contribution in [3.63, 3.8) is 0 Å². The number of hydrogen-bond acceptors (Lipinski definition) is 4. The van der Waals surface area contributed by atoms with Crippen molar-refractivity contribution in [1.82, 2.24) is 20.0 Å². The smallest absolute Gasteiger partial charge is 0.152 e. The second-order valence-corrected chi connectivity index (χ2v) is 7.27. The molecule has 1 aliphatic rings. The number of ether oxygens (including phenoxy) is 1. The Morgan fingerprint density at radius 2 is 1.93 bits per heavy atom. The predicted molar refractivity (Wildman–Crippen MR) is 103 cm³/mol. The fraction of sp³-hybridized carbons (Fsp3) is 0.476. The zero-order valence-electron chi connectivity index (χ0n) is 16.1. The molecule has 6 heteroatoms. The number of halogens is 1. The molecule has 1 aromatic carbocycles. The Kier molecular flexibility index (Phi) is 4.81. The molecule has 27 heavy (non-hydrogen) atoms. The van der Waals surface area contributed by atoms with Crippen LogP contribution in [0.1, 0.15) is 62.0 Å². The molecule has 0 radical (unpaired) electrons. The first kappa shape index (κ1) is 17.9. The van der Waals surface area contributed by atoms with Gasteiger partial charge in [-0.25, -0.2) is 9.07 Å². The van der Waals surface area contributed by atoms with Crippen molar-refractivity contribution in [2.75, 3.05) is 6.61 Å². The van der Waals surface area contributed by atoms with E-state index >= 15 is 0 Å². The Labute approximate surface area is 158 Å². The van der Waals surface area contributed by atoms with Crippen molar-refractivity contribution < 1.29 is 9.13 Å².